The van der Waals surface area contributed by atoms with Crippen molar-refractivity contribution in [1.29, 1.82) is 0 Å². The van der Waals surface area contributed by atoms with E-state index in [1.165, 1.54) is 0 Å². The monoisotopic (exact) mass is 317 g/mol. The molecule has 0 amide bonds. The van der Waals surface area contributed by atoms with Gasteiger partial charge in [-0.3, -0.25) is 0 Å². The second-order valence-electron chi connectivity index (χ2n) is 3.76. The van der Waals surface area contributed by atoms with Gasteiger partial charge in [0.25, 0.3) is 0 Å². The highest BCUT2D eigenvalue weighted by Crippen LogP contribution is 2.23. The van der Waals surface area contributed by atoms with Crippen LogP contribution in [-0.4, -0.2) is 33.5 Å². The molecule has 0 saturated carbocycles. The normalized spacial score (nSPS) is 10.6. The number of rotatable bonds is 9. The van der Waals surface area contributed by atoms with E-state index in [1.54, 1.807) is 7.11 Å². The topological polar surface area (TPSA) is 53.7 Å². The Kier molecular flexibility index (Phi) is 8.00. The molecule has 18 heavy (non-hydrogen) atoms. The van der Waals surface area contributed by atoms with Crippen LogP contribution in [0.15, 0.2) is 22.7 Å². The van der Waals surface area contributed by atoms with E-state index >= 15 is 0 Å². The van der Waals surface area contributed by atoms with Gasteiger partial charge in [0, 0.05) is 36.7 Å². The molecule has 0 radical (unpaired) electrons. The van der Waals surface area contributed by atoms with E-state index in [4.69, 9.17) is 19.9 Å². The van der Waals surface area contributed by atoms with Crippen LogP contribution in [0.4, 0.5) is 0 Å². The molecule has 5 heteroatoms. The van der Waals surface area contributed by atoms with Gasteiger partial charge in [-0.2, -0.15) is 0 Å². The molecule has 0 saturated heterocycles. The number of hydrogen-bond donors (Lipinski definition) is 1. The molecule has 4 nitrogen and oxygen atoms in total. The fraction of sp³-hybridized carbons (Fsp3) is 0.538. The summed E-state index contributed by atoms with van der Waals surface area (Å²) in [6, 6.07) is 5.87. The lowest BCUT2D eigenvalue weighted by molar-refractivity contribution is 0.0644. The SMILES string of the molecule is COCCOCCCOc1cc(Br)ccc1CN. The Morgan fingerprint density at radius 1 is 1.17 bits per heavy atom. The van der Waals surface area contributed by atoms with E-state index in [0.717, 1.165) is 22.2 Å². The summed E-state index contributed by atoms with van der Waals surface area (Å²) in [5, 5.41) is 0. The van der Waals surface area contributed by atoms with Crippen LogP contribution in [0, 0.1) is 0 Å². The maximum Gasteiger partial charge on any atom is 0.124 e. The molecule has 1 aromatic rings. The molecule has 2 N–H and O–H groups in total. The maximum absolute atomic E-state index is 5.69. The molecule has 0 aliphatic carbocycles. The summed E-state index contributed by atoms with van der Waals surface area (Å²) < 4.78 is 16.9. The van der Waals surface area contributed by atoms with Gasteiger partial charge >= 0.3 is 0 Å². The molecule has 0 aliphatic rings. The Bertz CT molecular complexity index is 347. The Balaban J connectivity index is 2.24. The van der Waals surface area contributed by atoms with Crippen LogP contribution in [0.5, 0.6) is 5.75 Å². The predicted molar refractivity (Wildman–Crippen MR) is 74.8 cm³/mol. The van der Waals surface area contributed by atoms with Gasteiger partial charge in [-0.05, 0) is 12.1 Å². The van der Waals surface area contributed by atoms with Gasteiger partial charge in [-0.1, -0.05) is 22.0 Å². The van der Waals surface area contributed by atoms with E-state index in [2.05, 4.69) is 15.9 Å². The molecular formula is C13H20BrNO3. The quantitative estimate of drug-likeness (QED) is 0.710. The third-order valence-corrected chi connectivity index (χ3v) is 2.86. The predicted octanol–water partition coefficient (Wildman–Crippen LogP) is 2.34. The number of ether oxygens (including phenoxy) is 3. The molecule has 0 heterocycles. The number of nitrogens with two attached hydrogens (primary N) is 1. The summed E-state index contributed by atoms with van der Waals surface area (Å²) in [5.74, 6) is 0.837. The third-order valence-electron chi connectivity index (χ3n) is 2.37. The fourth-order valence-electron chi connectivity index (χ4n) is 1.42. The molecule has 1 aromatic carbocycles. The summed E-state index contributed by atoms with van der Waals surface area (Å²) in [4.78, 5) is 0. The Morgan fingerprint density at radius 2 is 2.00 bits per heavy atom. The Labute approximate surface area is 117 Å². The van der Waals surface area contributed by atoms with Crippen LogP contribution in [-0.2, 0) is 16.0 Å². The average molecular weight is 318 g/mol. The van der Waals surface area contributed by atoms with Gasteiger partial charge in [-0.15, -0.1) is 0 Å². The van der Waals surface area contributed by atoms with Crippen molar-refractivity contribution in [1.82, 2.24) is 0 Å². The summed E-state index contributed by atoms with van der Waals surface area (Å²) in [7, 11) is 1.66. The number of methoxy groups -OCH3 is 1. The first-order valence-electron chi connectivity index (χ1n) is 5.96. The Hall–Kier alpha value is -0.620. The van der Waals surface area contributed by atoms with Crippen LogP contribution in [0.2, 0.25) is 0 Å². The second-order valence-corrected chi connectivity index (χ2v) is 4.68. The highest BCUT2D eigenvalue weighted by Gasteiger charge is 2.02. The lowest BCUT2D eigenvalue weighted by Gasteiger charge is -2.11. The summed E-state index contributed by atoms with van der Waals surface area (Å²) in [6.45, 7) is 3.03. The van der Waals surface area contributed by atoms with Crippen molar-refractivity contribution in [2.45, 2.75) is 13.0 Å². The van der Waals surface area contributed by atoms with Gasteiger partial charge in [0.2, 0.25) is 0 Å². The van der Waals surface area contributed by atoms with Crippen molar-refractivity contribution in [3.05, 3.63) is 28.2 Å². The number of halogens is 1. The van der Waals surface area contributed by atoms with Gasteiger partial charge in [-0.25, -0.2) is 0 Å². The van der Waals surface area contributed by atoms with Gasteiger partial charge in [0.1, 0.15) is 5.75 Å². The minimum absolute atomic E-state index is 0.479. The lowest BCUT2D eigenvalue weighted by atomic mass is 10.2. The maximum atomic E-state index is 5.69. The van der Waals surface area contributed by atoms with Gasteiger partial charge in [0.15, 0.2) is 0 Å². The van der Waals surface area contributed by atoms with E-state index < -0.39 is 0 Å². The Morgan fingerprint density at radius 3 is 2.72 bits per heavy atom. The molecule has 0 atom stereocenters. The smallest absolute Gasteiger partial charge is 0.124 e. The molecule has 0 aliphatic heterocycles. The summed E-state index contributed by atoms with van der Waals surface area (Å²) in [5.41, 5.74) is 6.66. The van der Waals surface area contributed by atoms with Crippen LogP contribution < -0.4 is 10.5 Å². The van der Waals surface area contributed by atoms with E-state index in [0.29, 0.717) is 33.0 Å². The molecule has 0 unspecified atom stereocenters. The zero-order valence-electron chi connectivity index (χ0n) is 10.7. The lowest BCUT2D eigenvalue weighted by Crippen LogP contribution is -2.08. The van der Waals surface area contributed by atoms with Gasteiger partial charge in [0.05, 0.1) is 19.8 Å². The van der Waals surface area contributed by atoms with Crippen LogP contribution in [0.1, 0.15) is 12.0 Å². The molecular weight excluding hydrogens is 298 g/mol. The average Bonchev–Trinajstić information content (AvgIpc) is 2.38. The first-order valence-corrected chi connectivity index (χ1v) is 6.75. The second kappa shape index (κ2) is 9.33. The summed E-state index contributed by atoms with van der Waals surface area (Å²) in [6.07, 6.45) is 0.847. The molecule has 102 valence electrons. The fourth-order valence-corrected chi connectivity index (χ4v) is 1.76. The van der Waals surface area contributed by atoms with Gasteiger partial charge < -0.3 is 19.9 Å². The number of hydrogen-bond acceptors (Lipinski definition) is 4. The third kappa shape index (κ3) is 5.82. The van der Waals surface area contributed by atoms with E-state index in [-0.39, 0.29) is 0 Å². The highest BCUT2D eigenvalue weighted by molar-refractivity contribution is 9.10. The zero-order valence-corrected chi connectivity index (χ0v) is 12.2. The van der Waals surface area contributed by atoms with Crippen molar-refractivity contribution in [3.8, 4) is 5.75 Å². The standard InChI is InChI=1S/C13H20BrNO3/c1-16-7-8-17-5-2-6-18-13-9-12(14)4-3-11(13)10-15/h3-4,9H,2,5-8,10,15H2,1H3. The first-order chi connectivity index (χ1) is 8.77. The zero-order chi connectivity index (χ0) is 13.2. The summed E-state index contributed by atoms with van der Waals surface area (Å²) >= 11 is 3.42. The molecule has 0 aromatic heterocycles. The van der Waals surface area contributed by atoms with Crippen molar-refractivity contribution in [2.75, 3.05) is 33.5 Å². The van der Waals surface area contributed by atoms with Crippen molar-refractivity contribution < 1.29 is 14.2 Å². The van der Waals surface area contributed by atoms with Crippen LogP contribution in [0.25, 0.3) is 0 Å². The first kappa shape index (κ1) is 15.4. The molecule has 0 spiro atoms. The largest absolute Gasteiger partial charge is 0.493 e. The van der Waals surface area contributed by atoms with E-state index in [9.17, 15) is 0 Å². The van der Waals surface area contributed by atoms with Crippen molar-refractivity contribution >= 4 is 15.9 Å². The van der Waals surface area contributed by atoms with E-state index in [1.807, 2.05) is 18.2 Å². The minimum atomic E-state index is 0.479. The molecule has 1 rings (SSSR count). The molecule has 0 bridgehead atoms. The molecule has 0 fully saturated rings. The minimum Gasteiger partial charge on any atom is -0.493 e. The van der Waals surface area contributed by atoms with Crippen molar-refractivity contribution in [2.24, 2.45) is 5.73 Å². The highest BCUT2D eigenvalue weighted by atomic mass is 79.9. The number of benzene rings is 1. The van der Waals surface area contributed by atoms with Crippen molar-refractivity contribution in [3.63, 3.8) is 0 Å². The van der Waals surface area contributed by atoms with Crippen LogP contribution >= 0.6 is 15.9 Å². The van der Waals surface area contributed by atoms with Crippen LogP contribution in [0.3, 0.4) is 0 Å².